The summed E-state index contributed by atoms with van der Waals surface area (Å²) in [5.74, 6) is 0. The lowest BCUT2D eigenvalue weighted by atomic mass is 10.3. The van der Waals surface area contributed by atoms with Crippen molar-refractivity contribution in [3.05, 3.63) is 56.5 Å². The summed E-state index contributed by atoms with van der Waals surface area (Å²) in [6.07, 6.45) is 1.93. The highest BCUT2D eigenvalue weighted by Gasteiger charge is 2.28. The zero-order chi connectivity index (χ0) is 15.0. The number of halogens is 5. The molecule has 0 amide bonds. The highest BCUT2D eigenvalue weighted by atomic mass is 35.5. The van der Waals surface area contributed by atoms with Gasteiger partial charge in [-0.3, -0.25) is 0 Å². The van der Waals surface area contributed by atoms with E-state index in [2.05, 4.69) is 0 Å². The molecule has 116 valence electrons. The van der Waals surface area contributed by atoms with Gasteiger partial charge in [-0.15, -0.1) is 0 Å². The lowest BCUT2D eigenvalue weighted by molar-refractivity contribution is -0.423. The number of rotatable bonds is 2. The quantitative estimate of drug-likeness (QED) is 0.707. The summed E-state index contributed by atoms with van der Waals surface area (Å²) in [5.41, 5.74) is 1.60. The van der Waals surface area contributed by atoms with Crippen LogP contribution in [0.4, 0.5) is 11.4 Å². The molecule has 0 saturated heterocycles. The van der Waals surface area contributed by atoms with E-state index in [9.17, 15) is 0 Å². The van der Waals surface area contributed by atoms with Crippen LogP contribution in [0, 0.1) is 0 Å². The molecule has 0 spiro atoms. The van der Waals surface area contributed by atoms with Crippen LogP contribution >= 0.6 is 46.4 Å². The predicted molar refractivity (Wildman–Crippen MR) is 91.1 cm³/mol. The van der Waals surface area contributed by atoms with Crippen molar-refractivity contribution in [2.75, 3.05) is 18.0 Å². The first-order valence-electron chi connectivity index (χ1n) is 6.34. The van der Waals surface area contributed by atoms with Gasteiger partial charge in [-0.1, -0.05) is 58.5 Å². The Morgan fingerprint density at radius 3 is 1.86 bits per heavy atom. The van der Waals surface area contributed by atoms with Crippen LogP contribution in [0.3, 0.4) is 0 Å². The van der Waals surface area contributed by atoms with Gasteiger partial charge < -0.3 is 12.4 Å². The van der Waals surface area contributed by atoms with Crippen molar-refractivity contribution in [2.24, 2.45) is 0 Å². The van der Waals surface area contributed by atoms with Crippen LogP contribution in [-0.4, -0.2) is 24.0 Å². The lowest BCUT2D eigenvalue weighted by Gasteiger charge is -2.09. The van der Waals surface area contributed by atoms with Gasteiger partial charge in [0.15, 0.2) is 11.4 Å². The second-order valence-electron chi connectivity index (χ2n) is 4.64. The highest BCUT2D eigenvalue weighted by molar-refractivity contribution is 6.40. The van der Waals surface area contributed by atoms with Crippen LogP contribution in [0.5, 0.6) is 0 Å². The van der Waals surface area contributed by atoms with Gasteiger partial charge in [-0.05, 0) is 24.3 Å². The minimum Gasteiger partial charge on any atom is -1.00 e. The monoisotopic (exact) mass is 394 g/mol. The Hall–Kier alpha value is -0.640. The predicted octanol–water partition coefficient (Wildman–Crippen LogP) is 2.50. The van der Waals surface area contributed by atoms with Crippen molar-refractivity contribution >= 4 is 64.1 Å². The molecular weight excluding hydrogens is 385 g/mol. The van der Waals surface area contributed by atoms with Crippen molar-refractivity contribution in [1.29, 1.82) is 0 Å². The summed E-state index contributed by atoms with van der Waals surface area (Å²) in [4.78, 5) is 2.00. The maximum atomic E-state index is 6.25. The van der Waals surface area contributed by atoms with E-state index < -0.39 is 0 Å². The minimum absolute atomic E-state index is 0. The van der Waals surface area contributed by atoms with E-state index in [1.807, 2.05) is 52.2 Å². The van der Waals surface area contributed by atoms with Gasteiger partial charge in [0.05, 0.1) is 20.1 Å². The number of anilines is 1. The van der Waals surface area contributed by atoms with Gasteiger partial charge >= 0.3 is 0 Å². The molecule has 0 aromatic heterocycles. The Balaban J connectivity index is 0.00000176. The molecular formula is C15H11Cl5N2. The maximum Gasteiger partial charge on any atom is 0.244 e. The molecule has 0 radical (unpaired) electrons. The van der Waals surface area contributed by atoms with Crippen molar-refractivity contribution in [3.63, 3.8) is 0 Å². The summed E-state index contributed by atoms with van der Waals surface area (Å²) < 4.78 is 2.00. The normalized spacial score (nSPS) is 13.8. The second kappa shape index (κ2) is 7.29. The van der Waals surface area contributed by atoms with Crippen LogP contribution in [0.2, 0.25) is 20.1 Å². The topological polar surface area (TPSA) is 6.25 Å². The SMILES string of the molecule is Clc1cccc(Cl)c1N1C=[N+](c2c(Cl)cccc2Cl)CC1.[Cl-]. The van der Waals surface area contributed by atoms with Crippen LogP contribution in [0.1, 0.15) is 0 Å². The van der Waals surface area contributed by atoms with Crippen LogP contribution in [0.15, 0.2) is 36.4 Å². The van der Waals surface area contributed by atoms with Crippen molar-refractivity contribution in [1.82, 2.24) is 0 Å². The lowest BCUT2D eigenvalue weighted by Crippen LogP contribution is -3.00. The molecule has 22 heavy (non-hydrogen) atoms. The third-order valence-corrected chi connectivity index (χ3v) is 4.53. The molecule has 1 aliphatic rings. The fourth-order valence-corrected chi connectivity index (χ4v) is 3.59. The van der Waals surface area contributed by atoms with E-state index in [4.69, 9.17) is 46.4 Å². The van der Waals surface area contributed by atoms with E-state index >= 15 is 0 Å². The molecule has 0 bridgehead atoms. The van der Waals surface area contributed by atoms with Crippen molar-refractivity contribution in [2.45, 2.75) is 0 Å². The fraction of sp³-hybridized carbons (Fsp3) is 0.133. The molecule has 0 saturated carbocycles. The Morgan fingerprint density at radius 1 is 0.818 bits per heavy atom. The first-order chi connectivity index (χ1) is 10.1. The molecule has 0 atom stereocenters. The van der Waals surface area contributed by atoms with Gasteiger partial charge in [0.25, 0.3) is 0 Å². The van der Waals surface area contributed by atoms with Crippen molar-refractivity contribution < 1.29 is 17.0 Å². The van der Waals surface area contributed by atoms with E-state index in [0.717, 1.165) is 24.5 Å². The molecule has 0 aliphatic carbocycles. The Labute approximate surface area is 155 Å². The first-order valence-corrected chi connectivity index (χ1v) is 7.85. The number of nitrogens with zero attached hydrogens (tertiary/aromatic N) is 2. The average molecular weight is 397 g/mol. The summed E-state index contributed by atoms with van der Waals surface area (Å²) in [7, 11) is 0. The van der Waals surface area contributed by atoms with Gasteiger partial charge in [-0.2, -0.15) is 0 Å². The summed E-state index contributed by atoms with van der Waals surface area (Å²) in [5, 5.41) is 2.47. The third kappa shape index (κ3) is 3.32. The van der Waals surface area contributed by atoms with Gasteiger partial charge in [-0.25, -0.2) is 9.48 Å². The number of benzene rings is 2. The van der Waals surface area contributed by atoms with Crippen LogP contribution < -0.4 is 17.3 Å². The van der Waals surface area contributed by atoms with Gasteiger partial charge in [0.1, 0.15) is 13.1 Å². The average Bonchev–Trinajstić information content (AvgIpc) is 2.87. The highest BCUT2D eigenvalue weighted by Crippen LogP contribution is 2.36. The van der Waals surface area contributed by atoms with Crippen LogP contribution in [0.25, 0.3) is 0 Å². The fourth-order valence-electron chi connectivity index (χ4n) is 2.37. The Bertz CT molecular complexity index is 689. The standard InChI is InChI=1S/C15H11Cl4N2.ClH/c16-10-3-1-4-11(17)14(10)20-7-8-21(9-20)15-12(18)5-2-6-13(15)19;/h1-6,9H,7-8H2;1H/q+1;/p-1. The number of para-hydroxylation sites is 2. The third-order valence-electron chi connectivity index (χ3n) is 3.31. The second-order valence-corrected chi connectivity index (χ2v) is 6.27. The minimum atomic E-state index is 0. The summed E-state index contributed by atoms with van der Waals surface area (Å²) in [6.45, 7) is 1.51. The van der Waals surface area contributed by atoms with E-state index in [-0.39, 0.29) is 12.4 Å². The summed E-state index contributed by atoms with van der Waals surface area (Å²) in [6, 6.07) is 10.9. The molecule has 2 nitrogen and oxygen atoms in total. The molecule has 3 rings (SSSR count). The molecule has 2 aromatic rings. The first kappa shape index (κ1) is 17.7. The van der Waals surface area contributed by atoms with E-state index in [1.165, 1.54) is 0 Å². The molecule has 1 aliphatic heterocycles. The zero-order valence-electron chi connectivity index (χ0n) is 11.2. The number of hydrogen-bond acceptors (Lipinski definition) is 1. The molecule has 1 heterocycles. The maximum absolute atomic E-state index is 6.25. The molecule has 0 unspecified atom stereocenters. The van der Waals surface area contributed by atoms with Crippen molar-refractivity contribution in [3.8, 4) is 0 Å². The smallest absolute Gasteiger partial charge is 0.244 e. The van der Waals surface area contributed by atoms with Gasteiger partial charge in [0.2, 0.25) is 6.34 Å². The van der Waals surface area contributed by atoms with Gasteiger partial charge in [0, 0.05) is 0 Å². The Morgan fingerprint density at radius 2 is 1.32 bits per heavy atom. The van der Waals surface area contributed by atoms with Crippen LogP contribution in [-0.2, 0) is 0 Å². The van der Waals surface area contributed by atoms with E-state index in [1.54, 1.807) is 0 Å². The molecule has 7 heteroatoms. The van der Waals surface area contributed by atoms with E-state index in [0.29, 0.717) is 20.1 Å². The summed E-state index contributed by atoms with van der Waals surface area (Å²) >= 11 is 25.0. The molecule has 2 aromatic carbocycles. The molecule has 0 N–H and O–H groups in total. The largest absolute Gasteiger partial charge is 1.00 e. The molecule has 0 fully saturated rings. The number of hydrogen-bond donors (Lipinski definition) is 0. The Kier molecular flexibility index (Phi) is 5.87. The zero-order valence-corrected chi connectivity index (χ0v) is 15.0.